The molecule has 1 aromatic rings. The Morgan fingerprint density at radius 1 is 1.29 bits per heavy atom. The maximum atomic E-state index is 12.0. The van der Waals surface area contributed by atoms with Crippen molar-refractivity contribution in [2.75, 3.05) is 0 Å². The lowest BCUT2D eigenvalue weighted by atomic mass is 10.2. The van der Waals surface area contributed by atoms with Gasteiger partial charge in [0.15, 0.2) is 0 Å². The topological polar surface area (TPSA) is 55.4 Å². The molecule has 0 aliphatic carbocycles. The smallest absolute Gasteiger partial charge is 0.262 e. The van der Waals surface area contributed by atoms with Crippen molar-refractivity contribution in [1.29, 1.82) is 0 Å². The molecule has 0 radical (unpaired) electrons. The summed E-state index contributed by atoms with van der Waals surface area (Å²) in [5, 5.41) is 0.367. The van der Waals surface area contributed by atoms with Gasteiger partial charge >= 0.3 is 0 Å². The van der Waals surface area contributed by atoms with E-state index in [0.29, 0.717) is 10.6 Å². The Hall–Kier alpha value is -0.620. The van der Waals surface area contributed by atoms with Crippen LogP contribution in [-0.2, 0) is 14.9 Å². The summed E-state index contributed by atoms with van der Waals surface area (Å²) in [6.45, 7) is 6.95. The quantitative estimate of drug-likeness (QED) is 0.864. The summed E-state index contributed by atoms with van der Waals surface area (Å²) in [6.07, 6.45) is 0. The molecule has 0 bridgehead atoms. The molecule has 1 rings (SSSR count). The molecule has 4 nitrogen and oxygen atoms in total. The van der Waals surface area contributed by atoms with Crippen molar-refractivity contribution in [3.05, 3.63) is 28.8 Å². The summed E-state index contributed by atoms with van der Waals surface area (Å²) in [7, 11) is -3.70. The van der Waals surface area contributed by atoms with Crippen LogP contribution >= 0.6 is 11.6 Å². The average Bonchev–Trinajstić information content (AvgIpc) is 2.18. The monoisotopic (exact) mass is 277 g/mol. The predicted octanol–water partition coefficient (Wildman–Crippen LogP) is 2.66. The first-order valence-electron chi connectivity index (χ1n) is 5.08. The number of halogens is 1. The molecule has 17 heavy (non-hydrogen) atoms. The van der Waals surface area contributed by atoms with Gasteiger partial charge in [0.05, 0.1) is 10.5 Å². The highest BCUT2D eigenvalue weighted by molar-refractivity contribution is 7.89. The zero-order valence-corrected chi connectivity index (χ0v) is 11.8. The van der Waals surface area contributed by atoms with Crippen LogP contribution in [0.5, 0.6) is 0 Å². The van der Waals surface area contributed by atoms with Gasteiger partial charge in [-0.1, -0.05) is 22.6 Å². The van der Waals surface area contributed by atoms with E-state index in [0.717, 1.165) is 0 Å². The maximum Gasteiger partial charge on any atom is 0.262 e. The van der Waals surface area contributed by atoms with E-state index in [1.807, 2.05) is 0 Å². The lowest BCUT2D eigenvalue weighted by molar-refractivity contribution is -0.0357. The minimum absolute atomic E-state index is 0.120. The van der Waals surface area contributed by atoms with E-state index in [4.69, 9.17) is 16.4 Å². The number of hydrogen-bond acceptors (Lipinski definition) is 3. The molecule has 0 aliphatic heterocycles. The predicted molar refractivity (Wildman–Crippen MR) is 67.3 cm³/mol. The molecule has 0 amide bonds. The second-order valence-electron chi connectivity index (χ2n) is 4.71. The van der Waals surface area contributed by atoms with Gasteiger partial charge in [-0.3, -0.25) is 4.84 Å². The Labute approximate surface area is 107 Å². The molecule has 1 aromatic carbocycles. The Kier molecular flexibility index (Phi) is 4.19. The van der Waals surface area contributed by atoms with Crippen molar-refractivity contribution in [3.63, 3.8) is 0 Å². The van der Waals surface area contributed by atoms with Gasteiger partial charge in [-0.25, -0.2) is 8.42 Å². The van der Waals surface area contributed by atoms with E-state index in [1.54, 1.807) is 39.8 Å². The number of nitrogens with one attached hydrogen (secondary N) is 1. The molecule has 1 N–H and O–H groups in total. The molecular formula is C11H16ClNO3S. The van der Waals surface area contributed by atoms with Crippen molar-refractivity contribution in [2.24, 2.45) is 0 Å². The van der Waals surface area contributed by atoms with Gasteiger partial charge in [-0.2, -0.15) is 0 Å². The van der Waals surface area contributed by atoms with Crippen LogP contribution in [-0.4, -0.2) is 14.0 Å². The van der Waals surface area contributed by atoms with E-state index in [1.165, 1.54) is 6.07 Å². The zero-order valence-electron chi connectivity index (χ0n) is 10.2. The minimum atomic E-state index is -3.70. The van der Waals surface area contributed by atoms with Crippen molar-refractivity contribution in [2.45, 2.75) is 38.2 Å². The maximum absolute atomic E-state index is 12.0. The van der Waals surface area contributed by atoms with E-state index in [2.05, 4.69) is 4.89 Å². The van der Waals surface area contributed by atoms with Crippen LogP contribution in [0.2, 0.25) is 5.02 Å². The summed E-state index contributed by atoms with van der Waals surface area (Å²) in [5.74, 6) is 0. The van der Waals surface area contributed by atoms with Crippen LogP contribution in [0.1, 0.15) is 26.3 Å². The fourth-order valence-corrected chi connectivity index (χ4v) is 2.55. The molecule has 0 saturated carbocycles. The molecular weight excluding hydrogens is 262 g/mol. The highest BCUT2D eigenvalue weighted by Gasteiger charge is 2.21. The number of rotatable bonds is 3. The Bertz CT molecular complexity index is 506. The molecule has 96 valence electrons. The lowest BCUT2D eigenvalue weighted by Gasteiger charge is -2.19. The molecule has 0 fully saturated rings. The number of hydrogen-bond donors (Lipinski definition) is 1. The SMILES string of the molecule is Cc1ccc(Cl)cc1S(=O)(=O)NOC(C)(C)C. The first-order chi connectivity index (χ1) is 7.62. The third kappa shape index (κ3) is 4.27. The van der Waals surface area contributed by atoms with Crippen LogP contribution in [0, 0.1) is 6.92 Å². The van der Waals surface area contributed by atoms with E-state index in [-0.39, 0.29) is 4.90 Å². The van der Waals surface area contributed by atoms with Gasteiger partial charge in [0.1, 0.15) is 0 Å². The van der Waals surface area contributed by atoms with Gasteiger partial charge in [0.25, 0.3) is 10.0 Å². The normalized spacial score (nSPS) is 12.8. The van der Waals surface area contributed by atoms with Crippen LogP contribution in [0.15, 0.2) is 23.1 Å². The number of aryl methyl sites for hydroxylation is 1. The summed E-state index contributed by atoms with van der Waals surface area (Å²) in [5.41, 5.74) is 0.0129. The Morgan fingerprint density at radius 3 is 2.41 bits per heavy atom. The van der Waals surface area contributed by atoms with Crippen LogP contribution in [0.4, 0.5) is 0 Å². The third-order valence-electron chi connectivity index (χ3n) is 1.90. The standard InChI is InChI=1S/C11H16ClNO3S/c1-8-5-6-9(12)7-10(8)17(14,15)13-16-11(2,3)4/h5-7,13H,1-4H3. The molecule has 0 spiro atoms. The van der Waals surface area contributed by atoms with Gasteiger partial charge < -0.3 is 0 Å². The highest BCUT2D eigenvalue weighted by Crippen LogP contribution is 2.20. The molecule has 0 saturated heterocycles. The van der Waals surface area contributed by atoms with Crippen molar-refractivity contribution in [1.82, 2.24) is 4.89 Å². The Balaban J connectivity index is 3.02. The molecule has 0 atom stereocenters. The molecule has 0 heterocycles. The summed E-state index contributed by atoms with van der Waals surface area (Å²) in [4.78, 5) is 7.28. The fraction of sp³-hybridized carbons (Fsp3) is 0.455. The van der Waals surface area contributed by atoms with Gasteiger partial charge in [-0.15, -0.1) is 0 Å². The number of sulfonamides is 1. The van der Waals surface area contributed by atoms with E-state index >= 15 is 0 Å². The molecule has 0 unspecified atom stereocenters. The second kappa shape index (κ2) is 4.94. The third-order valence-corrected chi connectivity index (χ3v) is 3.45. The van der Waals surface area contributed by atoms with Crippen LogP contribution in [0.3, 0.4) is 0 Å². The van der Waals surface area contributed by atoms with E-state index in [9.17, 15) is 8.42 Å². The lowest BCUT2D eigenvalue weighted by Crippen LogP contribution is -2.33. The molecule has 0 aliphatic rings. The minimum Gasteiger partial charge on any atom is -0.281 e. The van der Waals surface area contributed by atoms with Crippen molar-refractivity contribution < 1.29 is 13.3 Å². The van der Waals surface area contributed by atoms with Crippen molar-refractivity contribution in [3.8, 4) is 0 Å². The summed E-state index contributed by atoms with van der Waals surface area (Å²) in [6, 6.07) is 4.68. The molecule has 6 heteroatoms. The van der Waals surface area contributed by atoms with Crippen molar-refractivity contribution >= 4 is 21.6 Å². The average molecular weight is 278 g/mol. The summed E-state index contributed by atoms with van der Waals surface area (Å²) < 4.78 is 23.9. The van der Waals surface area contributed by atoms with E-state index < -0.39 is 15.6 Å². The van der Waals surface area contributed by atoms with Crippen LogP contribution in [0.25, 0.3) is 0 Å². The first-order valence-corrected chi connectivity index (χ1v) is 6.94. The fourth-order valence-electron chi connectivity index (χ4n) is 1.09. The van der Waals surface area contributed by atoms with Gasteiger partial charge in [0, 0.05) is 5.02 Å². The van der Waals surface area contributed by atoms with Crippen LogP contribution < -0.4 is 4.89 Å². The zero-order chi connectivity index (χ0) is 13.3. The second-order valence-corrected chi connectivity index (χ2v) is 6.76. The number of benzene rings is 1. The Morgan fingerprint density at radius 2 is 1.88 bits per heavy atom. The van der Waals surface area contributed by atoms with Gasteiger partial charge in [0.2, 0.25) is 0 Å². The first kappa shape index (κ1) is 14.4. The van der Waals surface area contributed by atoms with Gasteiger partial charge in [-0.05, 0) is 45.4 Å². The molecule has 0 aromatic heterocycles. The highest BCUT2D eigenvalue weighted by atomic mass is 35.5. The summed E-state index contributed by atoms with van der Waals surface area (Å²) >= 11 is 5.78. The largest absolute Gasteiger partial charge is 0.281 e.